The van der Waals surface area contributed by atoms with Crippen molar-refractivity contribution >= 4 is 28.6 Å². The fourth-order valence-corrected chi connectivity index (χ4v) is 5.61. The van der Waals surface area contributed by atoms with Gasteiger partial charge in [-0.05, 0) is 57.9 Å². The molecule has 3 heterocycles. The molecule has 1 aliphatic heterocycles. The number of ether oxygens (including phenoxy) is 1. The van der Waals surface area contributed by atoms with Crippen LogP contribution in [0.4, 0.5) is 0 Å². The number of rotatable bonds is 6. The van der Waals surface area contributed by atoms with E-state index >= 15 is 0 Å². The first-order chi connectivity index (χ1) is 15.4. The van der Waals surface area contributed by atoms with Gasteiger partial charge < -0.3 is 19.6 Å². The normalized spacial score (nSPS) is 15.8. The van der Waals surface area contributed by atoms with Crippen LogP contribution in [0.15, 0.2) is 40.0 Å². The van der Waals surface area contributed by atoms with E-state index in [1.54, 1.807) is 0 Å². The van der Waals surface area contributed by atoms with E-state index in [-0.39, 0.29) is 24.1 Å². The Kier molecular flexibility index (Phi) is 6.76. The largest absolute Gasteiger partial charge is 0.381 e. The summed E-state index contributed by atoms with van der Waals surface area (Å²) in [5.74, 6) is 0.369. The highest BCUT2D eigenvalue weighted by molar-refractivity contribution is 7.98. The molecule has 32 heavy (non-hydrogen) atoms. The van der Waals surface area contributed by atoms with Gasteiger partial charge in [0, 0.05) is 58.6 Å². The number of carbonyl (C=O) groups excluding carboxylic acids is 1. The number of carbonyl (C=O) groups is 1. The molecule has 1 aliphatic rings. The van der Waals surface area contributed by atoms with Crippen LogP contribution in [0.1, 0.15) is 53.1 Å². The van der Waals surface area contributed by atoms with Gasteiger partial charge in [0.25, 0.3) is 11.5 Å². The number of nitrogens with zero attached hydrogens (tertiary/aromatic N) is 1. The number of aromatic amines is 1. The van der Waals surface area contributed by atoms with Crippen LogP contribution < -0.4 is 10.9 Å². The minimum atomic E-state index is -0.151. The van der Waals surface area contributed by atoms with Crippen LogP contribution in [0.25, 0.3) is 10.9 Å². The Bertz CT molecular complexity index is 1190. The maximum Gasteiger partial charge on any atom is 0.254 e. The van der Waals surface area contributed by atoms with Crippen molar-refractivity contribution in [3.63, 3.8) is 0 Å². The summed E-state index contributed by atoms with van der Waals surface area (Å²) >= 11 is 1.52. The van der Waals surface area contributed by atoms with Crippen molar-refractivity contribution in [1.82, 2.24) is 14.9 Å². The Morgan fingerprint density at radius 2 is 2.00 bits per heavy atom. The topological polar surface area (TPSA) is 76.1 Å². The minimum absolute atomic E-state index is 0.149. The van der Waals surface area contributed by atoms with Crippen LogP contribution in [-0.2, 0) is 11.3 Å². The molecule has 2 N–H and O–H groups in total. The predicted octanol–water partition coefficient (Wildman–Crippen LogP) is 4.59. The van der Waals surface area contributed by atoms with E-state index in [1.807, 2.05) is 44.4 Å². The van der Waals surface area contributed by atoms with Crippen molar-refractivity contribution in [1.29, 1.82) is 0 Å². The molecule has 0 radical (unpaired) electrons. The Morgan fingerprint density at radius 1 is 1.28 bits per heavy atom. The Morgan fingerprint density at radius 3 is 2.72 bits per heavy atom. The molecule has 2 aromatic heterocycles. The average molecular weight is 454 g/mol. The summed E-state index contributed by atoms with van der Waals surface area (Å²) < 4.78 is 7.87. The molecule has 0 aliphatic carbocycles. The number of benzene rings is 1. The molecule has 1 aromatic carbocycles. The SMILES string of the molecule is CSc1cc(C)[nH]c(=O)c1CNC(=O)c1c(C)n(C(C)C2CCOCC2)c2ccccc12. The highest BCUT2D eigenvalue weighted by Gasteiger charge is 2.27. The van der Waals surface area contributed by atoms with Crippen molar-refractivity contribution in [3.8, 4) is 0 Å². The summed E-state index contributed by atoms with van der Waals surface area (Å²) in [5, 5.41) is 3.96. The molecule has 1 amide bonds. The van der Waals surface area contributed by atoms with Crippen molar-refractivity contribution in [3.05, 3.63) is 63.2 Å². The van der Waals surface area contributed by atoms with E-state index in [0.717, 1.165) is 53.2 Å². The van der Waals surface area contributed by atoms with Gasteiger partial charge in [-0.15, -0.1) is 11.8 Å². The molecular weight excluding hydrogens is 422 g/mol. The number of amides is 1. The first kappa shape index (κ1) is 22.7. The first-order valence-electron chi connectivity index (χ1n) is 11.1. The third kappa shape index (κ3) is 4.24. The number of pyridine rings is 1. The summed E-state index contributed by atoms with van der Waals surface area (Å²) in [7, 11) is 0. The van der Waals surface area contributed by atoms with Gasteiger partial charge in [-0.2, -0.15) is 0 Å². The standard InChI is InChI=1S/C25H31N3O3S/c1-15-13-22(32-4)20(24(29)27-15)14-26-25(30)23-17(3)28(21-8-6-5-7-19(21)23)16(2)18-9-11-31-12-10-18/h5-8,13,16,18H,9-12,14H2,1-4H3,(H,26,30)(H,27,29). The van der Waals surface area contributed by atoms with Gasteiger partial charge in [-0.1, -0.05) is 18.2 Å². The second-order valence-corrected chi connectivity index (χ2v) is 9.40. The van der Waals surface area contributed by atoms with Crippen molar-refractivity contribution in [2.24, 2.45) is 5.92 Å². The third-order valence-corrected chi connectivity index (χ3v) is 7.42. The summed E-state index contributed by atoms with van der Waals surface area (Å²) in [4.78, 5) is 29.6. The maximum atomic E-state index is 13.4. The van der Waals surface area contributed by atoms with Gasteiger partial charge in [0.15, 0.2) is 0 Å². The lowest BCUT2D eigenvalue weighted by Gasteiger charge is -2.30. The smallest absolute Gasteiger partial charge is 0.254 e. The number of thioether (sulfide) groups is 1. The van der Waals surface area contributed by atoms with Crippen molar-refractivity contribution in [2.45, 2.75) is 51.1 Å². The second kappa shape index (κ2) is 9.55. The van der Waals surface area contributed by atoms with Gasteiger partial charge >= 0.3 is 0 Å². The van der Waals surface area contributed by atoms with E-state index in [9.17, 15) is 9.59 Å². The number of nitrogens with one attached hydrogen (secondary N) is 2. The Hall–Kier alpha value is -2.51. The molecule has 7 heteroatoms. The molecule has 1 saturated heterocycles. The van der Waals surface area contributed by atoms with Crippen LogP contribution in [0.2, 0.25) is 0 Å². The summed E-state index contributed by atoms with van der Waals surface area (Å²) in [5.41, 5.74) is 3.98. The Labute approximate surface area is 192 Å². The molecule has 4 rings (SSSR count). The molecule has 3 aromatic rings. The lowest BCUT2D eigenvalue weighted by atomic mass is 9.92. The number of aryl methyl sites for hydroxylation is 1. The number of H-pyrrole nitrogens is 1. The monoisotopic (exact) mass is 453 g/mol. The number of para-hydroxylation sites is 1. The van der Waals surface area contributed by atoms with E-state index in [0.29, 0.717) is 17.0 Å². The second-order valence-electron chi connectivity index (χ2n) is 8.55. The molecule has 0 bridgehead atoms. The molecule has 1 unspecified atom stereocenters. The molecule has 1 fully saturated rings. The fraction of sp³-hybridized carbons (Fsp3) is 0.440. The van der Waals surface area contributed by atoms with Gasteiger partial charge in [0.05, 0.1) is 5.56 Å². The lowest BCUT2D eigenvalue weighted by molar-refractivity contribution is 0.0517. The predicted molar refractivity (Wildman–Crippen MR) is 130 cm³/mol. The molecule has 6 nitrogen and oxygen atoms in total. The molecule has 0 spiro atoms. The lowest BCUT2D eigenvalue weighted by Crippen LogP contribution is -2.28. The number of fused-ring (bicyclic) bond motifs is 1. The summed E-state index contributed by atoms with van der Waals surface area (Å²) in [6.07, 6.45) is 4.00. The first-order valence-corrected chi connectivity index (χ1v) is 12.4. The fourth-order valence-electron chi connectivity index (χ4n) is 4.90. The Balaban J connectivity index is 1.67. The zero-order valence-electron chi connectivity index (χ0n) is 19.2. The quantitative estimate of drug-likeness (QED) is 0.536. The highest BCUT2D eigenvalue weighted by Crippen LogP contribution is 2.35. The average Bonchev–Trinajstić information content (AvgIpc) is 3.09. The summed E-state index contributed by atoms with van der Waals surface area (Å²) in [6, 6.07) is 10.3. The van der Waals surface area contributed by atoms with E-state index < -0.39 is 0 Å². The zero-order valence-corrected chi connectivity index (χ0v) is 20.0. The maximum absolute atomic E-state index is 13.4. The molecule has 0 saturated carbocycles. The number of aromatic nitrogens is 2. The minimum Gasteiger partial charge on any atom is -0.381 e. The van der Waals surface area contributed by atoms with Gasteiger partial charge in [-0.3, -0.25) is 9.59 Å². The van der Waals surface area contributed by atoms with Crippen molar-refractivity contribution < 1.29 is 9.53 Å². The van der Waals surface area contributed by atoms with Crippen LogP contribution >= 0.6 is 11.8 Å². The van der Waals surface area contributed by atoms with E-state index in [1.165, 1.54) is 11.8 Å². The third-order valence-electron chi connectivity index (χ3n) is 6.61. The van der Waals surface area contributed by atoms with Gasteiger partial charge in [0.1, 0.15) is 0 Å². The molecule has 170 valence electrons. The van der Waals surface area contributed by atoms with Crippen molar-refractivity contribution in [2.75, 3.05) is 19.5 Å². The number of hydrogen-bond acceptors (Lipinski definition) is 4. The highest BCUT2D eigenvalue weighted by atomic mass is 32.2. The van der Waals surface area contributed by atoms with E-state index in [2.05, 4.69) is 27.9 Å². The van der Waals surface area contributed by atoms with Crippen LogP contribution in [-0.4, -0.2) is 34.9 Å². The zero-order chi connectivity index (χ0) is 22.8. The van der Waals surface area contributed by atoms with Crippen LogP contribution in [0.3, 0.4) is 0 Å². The van der Waals surface area contributed by atoms with Crippen LogP contribution in [0.5, 0.6) is 0 Å². The molecular formula is C25H31N3O3S. The van der Waals surface area contributed by atoms with Gasteiger partial charge in [0.2, 0.25) is 0 Å². The van der Waals surface area contributed by atoms with Gasteiger partial charge in [-0.25, -0.2) is 0 Å². The van der Waals surface area contributed by atoms with Crippen LogP contribution in [0, 0.1) is 19.8 Å². The number of hydrogen-bond donors (Lipinski definition) is 2. The molecule has 1 atom stereocenters. The summed E-state index contributed by atoms with van der Waals surface area (Å²) in [6.45, 7) is 7.91. The van der Waals surface area contributed by atoms with E-state index in [4.69, 9.17) is 4.74 Å².